The minimum Gasteiger partial charge on any atom is -0.387 e. The number of carbonyl (C=O) groups is 1. The van der Waals surface area contributed by atoms with Crippen molar-refractivity contribution < 1.29 is 22.9 Å². The van der Waals surface area contributed by atoms with E-state index in [4.69, 9.17) is 0 Å². The zero-order chi connectivity index (χ0) is 34.0. The highest BCUT2D eigenvalue weighted by Gasteiger charge is 2.24. The molecule has 0 bridgehead atoms. The van der Waals surface area contributed by atoms with Gasteiger partial charge in [-0.3, -0.25) is 9.35 Å². The minimum atomic E-state index is -4.36. The van der Waals surface area contributed by atoms with Crippen LogP contribution in [0.4, 0.5) is 0 Å². The van der Waals surface area contributed by atoms with Gasteiger partial charge in [0, 0.05) is 6.42 Å². The van der Waals surface area contributed by atoms with Gasteiger partial charge in [0.05, 0.1) is 17.9 Å². The van der Waals surface area contributed by atoms with E-state index < -0.39 is 28.0 Å². The molecule has 46 heavy (non-hydrogen) atoms. The molecule has 262 valence electrons. The normalized spacial score (nSPS) is 14.4. The van der Waals surface area contributed by atoms with E-state index in [-0.39, 0.29) is 12.3 Å². The van der Waals surface area contributed by atoms with Gasteiger partial charge in [-0.2, -0.15) is 8.42 Å². The second-order valence-electron chi connectivity index (χ2n) is 11.8. The highest BCUT2D eigenvalue weighted by Crippen LogP contribution is 2.09. The molecule has 0 aliphatic rings. The van der Waals surface area contributed by atoms with Crippen LogP contribution in [0, 0.1) is 0 Å². The Labute approximate surface area is 282 Å². The van der Waals surface area contributed by atoms with Gasteiger partial charge >= 0.3 is 0 Å². The number of unbranched alkanes of at least 4 members (excludes halogenated alkanes) is 10. The van der Waals surface area contributed by atoms with Crippen LogP contribution in [0.15, 0.2) is 85.1 Å². The molecule has 1 amide bonds. The van der Waals surface area contributed by atoms with Crippen LogP contribution in [-0.2, 0) is 14.9 Å². The molecule has 0 aliphatic heterocycles. The maximum Gasteiger partial charge on any atom is 0.267 e. The van der Waals surface area contributed by atoms with E-state index in [1.807, 2.05) is 0 Å². The number of allylic oxidation sites excluding steroid dienone is 13. The van der Waals surface area contributed by atoms with Crippen molar-refractivity contribution in [2.45, 2.75) is 148 Å². The van der Waals surface area contributed by atoms with Crippen LogP contribution < -0.4 is 5.32 Å². The van der Waals surface area contributed by atoms with Crippen molar-refractivity contribution in [3.8, 4) is 0 Å². The van der Waals surface area contributed by atoms with Gasteiger partial charge in [0.1, 0.15) is 0 Å². The number of aliphatic hydroxyl groups excluding tert-OH is 1. The second kappa shape index (κ2) is 32.5. The zero-order valence-electron chi connectivity index (χ0n) is 28.9. The van der Waals surface area contributed by atoms with Gasteiger partial charge in [-0.25, -0.2) is 0 Å². The van der Waals surface area contributed by atoms with Gasteiger partial charge in [-0.1, -0.05) is 137 Å². The molecule has 0 radical (unpaired) electrons. The second-order valence-corrected chi connectivity index (χ2v) is 13.3. The Hall–Kier alpha value is -2.48. The van der Waals surface area contributed by atoms with Crippen molar-refractivity contribution in [2.75, 3.05) is 5.75 Å². The third-order valence-corrected chi connectivity index (χ3v) is 8.09. The van der Waals surface area contributed by atoms with Crippen molar-refractivity contribution in [1.29, 1.82) is 0 Å². The lowest BCUT2D eigenvalue weighted by atomic mass is 10.1. The molecule has 0 heterocycles. The molecule has 0 aromatic rings. The fraction of sp³-hybridized carbons (Fsp3) is 0.615. The molecule has 0 spiro atoms. The maximum atomic E-state index is 12.4. The van der Waals surface area contributed by atoms with Crippen molar-refractivity contribution in [3.63, 3.8) is 0 Å². The number of nitrogens with one attached hydrogen (secondary N) is 1. The van der Waals surface area contributed by atoms with Crippen molar-refractivity contribution >= 4 is 16.0 Å². The summed E-state index contributed by atoms with van der Waals surface area (Å²) in [4.78, 5) is 12.4. The summed E-state index contributed by atoms with van der Waals surface area (Å²) in [5, 5.41) is 13.1. The smallest absolute Gasteiger partial charge is 0.267 e. The Kier molecular flexibility index (Phi) is 30.7. The molecule has 2 unspecified atom stereocenters. The van der Waals surface area contributed by atoms with Crippen LogP contribution in [0.2, 0.25) is 0 Å². The molecule has 0 aromatic heterocycles. The Morgan fingerprint density at radius 1 is 0.609 bits per heavy atom. The minimum absolute atomic E-state index is 0.244. The summed E-state index contributed by atoms with van der Waals surface area (Å²) in [6.45, 7) is 4.36. The van der Waals surface area contributed by atoms with Crippen LogP contribution >= 0.6 is 0 Å². The van der Waals surface area contributed by atoms with Gasteiger partial charge in [-0.15, -0.1) is 0 Å². The SMILES string of the molecule is CC/C=C\C/C=C\C/C=C\C/C=C\C/C=C\CCCCCC(=O)NC(CS(=O)(=O)O)C(O)/C=C/CC/C=C/CCCCCCCC. The fourth-order valence-electron chi connectivity index (χ4n) is 4.67. The number of hydrogen-bond acceptors (Lipinski definition) is 4. The summed E-state index contributed by atoms with van der Waals surface area (Å²) < 4.78 is 32.3. The first kappa shape index (κ1) is 43.5. The number of carbonyl (C=O) groups excluding carboxylic acids is 1. The summed E-state index contributed by atoms with van der Waals surface area (Å²) in [5.74, 6) is -1.06. The lowest BCUT2D eigenvalue weighted by molar-refractivity contribution is -0.122. The van der Waals surface area contributed by atoms with E-state index in [1.165, 1.54) is 44.6 Å². The van der Waals surface area contributed by atoms with Gasteiger partial charge in [0.25, 0.3) is 10.1 Å². The van der Waals surface area contributed by atoms with Crippen molar-refractivity contribution in [3.05, 3.63) is 85.1 Å². The van der Waals surface area contributed by atoms with Gasteiger partial charge < -0.3 is 10.4 Å². The van der Waals surface area contributed by atoms with Crippen molar-refractivity contribution in [2.24, 2.45) is 0 Å². The summed E-state index contributed by atoms with van der Waals surface area (Å²) >= 11 is 0. The van der Waals surface area contributed by atoms with Gasteiger partial charge in [0.15, 0.2) is 0 Å². The summed E-state index contributed by atoms with van der Waals surface area (Å²) in [6, 6.07) is -1.09. The van der Waals surface area contributed by atoms with E-state index in [1.54, 1.807) is 6.08 Å². The zero-order valence-corrected chi connectivity index (χ0v) is 29.7. The average Bonchev–Trinajstić information content (AvgIpc) is 3.01. The molecule has 0 saturated heterocycles. The Morgan fingerprint density at radius 2 is 1.07 bits per heavy atom. The molecule has 0 rings (SSSR count). The first-order valence-electron chi connectivity index (χ1n) is 17.8. The van der Waals surface area contributed by atoms with Crippen LogP contribution in [-0.4, -0.2) is 41.9 Å². The van der Waals surface area contributed by atoms with Gasteiger partial charge in [0.2, 0.25) is 5.91 Å². The third-order valence-electron chi connectivity index (χ3n) is 7.31. The van der Waals surface area contributed by atoms with Crippen LogP contribution in [0.3, 0.4) is 0 Å². The standard InChI is InChI=1S/C39H65NO5S/c1-3-5-7-9-11-13-15-17-18-19-20-21-22-23-25-27-29-31-33-35-39(42)40-37(36-46(43,44)45)38(41)34-32-30-28-26-24-16-14-12-10-8-6-4-2/h5,7,11,13,17-18,20-21,23-26,32,34,37-38,41H,3-4,6,8-10,12,14-16,19,22,27-31,33,35-36H2,1-2H3,(H,40,42)(H,43,44,45)/b7-5-,13-11-,18-17-,21-20-,25-23-,26-24+,34-32+. The number of aliphatic hydroxyl groups is 1. The largest absolute Gasteiger partial charge is 0.387 e. The first-order valence-corrected chi connectivity index (χ1v) is 19.4. The van der Waals surface area contributed by atoms with Gasteiger partial charge in [-0.05, 0) is 77.0 Å². The summed E-state index contributed by atoms with van der Waals surface area (Å²) in [5.41, 5.74) is 0. The molecule has 2 atom stereocenters. The molecule has 6 nitrogen and oxygen atoms in total. The third kappa shape index (κ3) is 32.9. The molecular formula is C39H65NO5S. The van der Waals surface area contributed by atoms with Crippen LogP contribution in [0.25, 0.3) is 0 Å². The molecule has 0 aromatic carbocycles. The van der Waals surface area contributed by atoms with E-state index in [2.05, 4.69) is 92.1 Å². The molecule has 3 N–H and O–H groups in total. The molecule has 0 fully saturated rings. The maximum absolute atomic E-state index is 12.4. The van der Waals surface area contributed by atoms with E-state index in [9.17, 15) is 22.9 Å². The van der Waals surface area contributed by atoms with Crippen LogP contribution in [0.5, 0.6) is 0 Å². The highest BCUT2D eigenvalue weighted by atomic mass is 32.2. The monoisotopic (exact) mass is 659 g/mol. The predicted octanol–water partition coefficient (Wildman–Crippen LogP) is 10.1. The lowest BCUT2D eigenvalue weighted by Crippen LogP contribution is -2.46. The lowest BCUT2D eigenvalue weighted by Gasteiger charge is -2.21. The fourth-order valence-corrected chi connectivity index (χ4v) is 5.40. The van der Waals surface area contributed by atoms with E-state index >= 15 is 0 Å². The number of hydrogen-bond donors (Lipinski definition) is 3. The molecule has 7 heteroatoms. The summed E-state index contributed by atoms with van der Waals surface area (Å²) in [6.07, 6.45) is 47.1. The molecule has 0 aliphatic carbocycles. The van der Waals surface area contributed by atoms with Crippen LogP contribution in [0.1, 0.15) is 136 Å². The van der Waals surface area contributed by atoms with E-state index in [0.29, 0.717) is 12.8 Å². The first-order chi connectivity index (χ1) is 22.3. The Balaban J connectivity index is 4.14. The molecular weight excluding hydrogens is 594 g/mol. The highest BCUT2D eigenvalue weighted by molar-refractivity contribution is 7.85. The number of rotatable bonds is 30. The Morgan fingerprint density at radius 3 is 1.63 bits per heavy atom. The summed E-state index contributed by atoms with van der Waals surface area (Å²) in [7, 11) is -4.36. The van der Waals surface area contributed by atoms with E-state index in [0.717, 1.165) is 64.2 Å². The van der Waals surface area contributed by atoms with Crippen molar-refractivity contribution in [1.82, 2.24) is 5.32 Å². The average molecular weight is 660 g/mol. The quantitative estimate of drug-likeness (QED) is 0.0404. The predicted molar refractivity (Wildman–Crippen MR) is 197 cm³/mol. The Bertz CT molecular complexity index is 1040. The molecule has 0 saturated carbocycles. The topological polar surface area (TPSA) is 104 Å². The number of amides is 1.